The highest BCUT2D eigenvalue weighted by Crippen LogP contribution is 2.40. The molecule has 0 amide bonds. The van der Waals surface area contributed by atoms with E-state index >= 15 is 0 Å². The molecule has 0 nitrogen and oxygen atoms in total. The second-order valence-corrected chi connectivity index (χ2v) is 6.29. The van der Waals surface area contributed by atoms with Gasteiger partial charge in [0, 0.05) is 0 Å². The normalized spacial score (nSPS) is 28.5. The van der Waals surface area contributed by atoms with Gasteiger partial charge in [0.05, 0.1) is 0 Å². The van der Waals surface area contributed by atoms with E-state index < -0.39 is 0 Å². The minimum Gasteiger partial charge on any atom is -0.0651 e. The number of hydrogen-bond acceptors (Lipinski definition) is 0. The van der Waals surface area contributed by atoms with Crippen LogP contribution in [0.15, 0.2) is 0 Å². The summed E-state index contributed by atoms with van der Waals surface area (Å²) in [5, 5.41) is 0. The third-order valence-corrected chi connectivity index (χ3v) is 4.87. The van der Waals surface area contributed by atoms with E-state index in [9.17, 15) is 0 Å². The van der Waals surface area contributed by atoms with Crippen molar-refractivity contribution in [3.63, 3.8) is 0 Å². The van der Waals surface area contributed by atoms with Crippen molar-refractivity contribution in [2.75, 3.05) is 0 Å². The topological polar surface area (TPSA) is 0 Å². The Morgan fingerprint density at radius 1 is 1.00 bits per heavy atom. The summed E-state index contributed by atoms with van der Waals surface area (Å²) in [6.07, 6.45) is 11.7. The molecule has 0 bridgehead atoms. The van der Waals surface area contributed by atoms with E-state index in [1.165, 1.54) is 51.4 Å². The lowest BCUT2D eigenvalue weighted by molar-refractivity contribution is 0.152. The molecule has 0 aromatic heterocycles. The Bertz CT molecular complexity index is 171. The fraction of sp³-hybridized carbons (Fsp3) is 1.00. The maximum absolute atomic E-state index is 2.45. The van der Waals surface area contributed by atoms with Gasteiger partial charge in [-0.1, -0.05) is 59.8 Å². The Morgan fingerprint density at radius 3 is 2.19 bits per heavy atom. The van der Waals surface area contributed by atoms with Gasteiger partial charge in [0.1, 0.15) is 0 Å². The van der Waals surface area contributed by atoms with Gasteiger partial charge >= 0.3 is 0 Å². The van der Waals surface area contributed by atoms with E-state index in [0.29, 0.717) is 0 Å². The molecule has 0 heteroatoms. The lowest BCUT2D eigenvalue weighted by Gasteiger charge is -2.36. The molecule has 1 fully saturated rings. The monoisotopic (exact) mass is 224 g/mol. The maximum Gasteiger partial charge on any atom is -0.0386 e. The summed E-state index contributed by atoms with van der Waals surface area (Å²) in [6, 6.07) is 0. The first-order valence-corrected chi connectivity index (χ1v) is 7.67. The summed E-state index contributed by atoms with van der Waals surface area (Å²) >= 11 is 0. The number of rotatable bonds is 8. The molecular weight excluding hydrogens is 192 g/mol. The average molecular weight is 224 g/mol. The average Bonchev–Trinajstić information content (AvgIpc) is 2.23. The van der Waals surface area contributed by atoms with Crippen molar-refractivity contribution in [1.29, 1.82) is 0 Å². The van der Waals surface area contributed by atoms with Gasteiger partial charge in [-0.05, 0) is 42.9 Å². The first-order chi connectivity index (χ1) is 7.67. The zero-order valence-corrected chi connectivity index (χ0v) is 12.0. The van der Waals surface area contributed by atoms with Gasteiger partial charge in [-0.25, -0.2) is 0 Å². The first kappa shape index (κ1) is 14.1. The largest absolute Gasteiger partial charge is 0.0651 e. The highest BCUT2D eigenvalue weighted by Gasteiger charge is 2.28. The van der Waals surface area contributed by atoms with Crippen LogP contribution in [-0.4, -0.2) is 0 Å². The summed E-state index contributed by atoms with van der Waals surface area (Å²) < 4.78 is 0. The van der Waals surface area contributed by atoms with Crippen LogP contribution in [0, 0.1) is 23.7 Å². The second kappa shape index (κ2) is 7.35. The molecule has 4 atom stereocenters. The minimum absolute atomic E-state index is 0.932. The van der Waals surface area contributed by atoms with Crippen LogP contribution in [0.3, 0.4) is 0 Å². The van der Waals surface area contributed by atoms with Crippen molar-refractivity contribution in [2.45, 2.75) is 79.1 Å². The van der Waals surface area contributed by atoms with Crippen LogP contribution in [-0.2, 0) is 0 Å². The van der Waals surface area contributed by atoms with Crippen molar-refractivity contribution in [2.24, 2.45) is 23.7 Å². The minimum atomic E-state index is 0.932. The van der Waals surface area contributed by atoms with Crippen LogP contribution >= 0.6 is 0 Å². The molecule has 0 radical (unpaired) electrons. The van der Waals surface area contributed by atoms with E-state index in [0.717, 1.165) is 23.7 Å². The Balaban J connectivity index is 2.02. The molecule has 96 valence electrons. The molecule has 0 N–H and O–H groups in total. The summed E-state index contributed by atoms with van der Waals surface area (Å²) in [5.41, 5.74) is 0. The summed E-state index contributed by atoms with van der Waals surface area (Å²) in [5.74, 6) is 4.07. The Morgan fingerprint density at radius 2 is 1.69 bits per heavy atom. The van der Waals surface area contributed by atoms with E-state index in [4.69, 9.17) is 0 Å². The summed E-state index contributed by atoms with van der Waals surface area (Å²) in [4.78, 5) is 0. The third-order valence-electron chi connectivity index (χ3n) is 4.87. The fourth-order valence-electron chi connectivity index (χ4n) is 3.26. The lowest BCUT2D eigenvalue weighted by Crippen LogP contribution is -2.25. The van der Waals surface area contributed by atoms with Crippen molar-refractivity contribution in [3.05, 3.63) is 0 Å². The molecule has 0 aromatic carbocycles. The van der Waals surface area contributed by atoms with Gasteiger partial charge < -0.3 is 0 Å². The maximum atomic E-state index is 2.45. The predicted octanol–water partition coefficient (Wildman–Crippen LogP) is 5.67. The quantitative estimate of drug-likeness (QED) is 0.498. The molecule has 16 heavy (non-hydrogen) atoms. The van der Waals surface area contributed by atoms with E-state index in [1.807, 2.05) is 0 Å². The standard InChI is InChI=1S/C16H32/c1-5-13(3)12-14(4)8-7-9-16-11-10-15(16)6-2/h13-16H,5-12H2,1-4H3. The van der Waals surface area contributed by atoms with Gasteiger partial charge in [0.25, 0.3) is 0 Å². The summed E-state index contributed by atoms with van der Waals surface area (Å²) in [6.45, 7) is 9.53. The van der Waals surface area contributed by atoms with Crippen LogP contribution < -0.4 is 0 Å². The highest BCUT2D eigenvalue weighted by molar-refractivity contribution is 4.79. The molecule has 1 rings (SSSR count). The zero-order chi connectivity index (χ0) is 12.0. The molecule has 1 aliphatic carbocycles. The van der Waals surface area contributed by atoms with Gasteiger partial charge in [-0.2, -0.15) is 0 Å². The highest BCUT2D eigenvalue weighted by atomic mass is 14.3. The molecular formula is C16H32. The van der Waals surface area contributed by atoms with Crippen LogP contribution in [0.1, 0.15) is 79.1 Å². The Labute approximate surface area is 103 Å². The first-order valence-electron chi connectivity index (χ1n) is 7.67. The van der Waals surface area contributed by atoms with Gasteiger partial charge in [0.15, 0.2) is 0 Å². The number of hydrogen-bond donors (Lipinski definition) is 0. The Kier molecular flexibility index (Phi) is 6.46. The van der Waals surface area contributed by atoms with E-state index in [1.54, 1.807) is 0 Å². The smallest absolute Gasteiger partial charge is 0.0386 e. The fourth-order valence-corrected chi connectivity index (χ4v) is 3.26. The van der Waals surface area contributed by atoms with Crippen LogP contribution in [0.5, 0.6) is 0 Å². The van der Waals surface area contributed by atoms with Crippen molar-refractivity contribution < 1.29 is 0 Å². The van der Waals surface area contributed by atoms with Crippen LogP contribution in [0.4, 0.5) is 0 Å². The van der Waals surface area contributed by atoms with Crippen LogP contribution in [0.2, 0.25) is 0 Å². The van der Waals surface area contributed by atoms with E-state index in [-0.39, 0.29) is 0 Å². The van der Waals surface area contributed by atoms with Crippen LogP contribution in [0.25, 0.3) is 0 Å². The predicted molar refractivity (Wildman–Crippen MR) is 73.6 cm³/mol. The zero-order valence-electron chi connectivity index (χ0n) is 12.0. The molecule has 4 unspecified atom stereocenters. The van der Waals surface area contributed by atoms with Gasteiger partial charge in [-0.15, -0.1) is 0 Å². The third kappa shape index (κ3) is 4.47. The SMILES string of the molecule is CCC(C)CC(C)CCCC1CCC1CC. The Hall–Kier alpha value is 0. The van der Waals surface area contributed by atoms with Crippen molar-refractivity contribution in [3.8, 4) is 0 Å². The van der Waals surface area contributed by atoms with E-state index in [2.05, 4.69) is 27.7 Å². The van der Waals surface area contributed by atoms with Crippen molar-refractivity contribution in [1.82, 2.24) is 0 Å². The molecule has 1 aliphatic rings. The van der Waals surface area contributed by atoms with Gasteiger partial charge in [0.2, 0.25) is 0 Å². The van der Waals surface area contributed by atoms with Crippen molar-refractivity contribution >= 4 is 0 Å². The lowest BCUT2D eigenvalue weighted by atomic mass is 9.70. The molecule has 1 saturated carbocycles. The summed E-state index contributed by atoms with van der Waals surface area (Å²) in [7, 11) is 0. The second-order valence-electron chi connectivity index (χ2n) is 6.29. The molecule has 0 saturated heterocycles. The molecule has 0 aliphatic heterocycles. The molecule has 0 spiro atoms. The molecule has 0 heterocycles. The molecule has 0 aromatic rings. The van der Waals surface area contributed by atoms with Gasteiger partial charge in [-0.3, -0.25) is 0 Å².